The molecule has 4 heteroatoms. The molecule has 0 aliphatic heterocycles. The normalized spacial score (nSPS) is 16.6. The zero-order chi connectivity index (χ0) is 11.4. The van der Waals surface area contributed by atoms with Gasteiger partial charge in [-0.15, -0.1) is 0 Å². The highest BCUT2D eigenvalue weighted by Crippen LogP contribution is 2.10. The van der Waals surface area contributed by atoms with Crippen LogP contribution < -0.4 is 5.73 Å². The minimum Gasteiger partial charge on any atom is -0.410 e. The summed E-state index contributed by atoms with van der Waals surface area (Å²) >= 11 is 0. The van der Waals surface area contributed by atoms with Crippen LogP contribution >= 0.6 is 0 Å². The molecule has 14 heavy (non-hydrogen) atoms. The Labute approximate surface area is 85.5 Å². The Hall–Kier alpha value is -0.900. The van der Waals surface area contributed by atoms with Crippen LogP contribution in [0.25, 0.3) is 0 Å². The van der Waals surface area contributed by atoms with Gasteiger partial charge in [0.05, 0.1) is 5.54 Å². The van der Waals surface area contributed by atoms with E-state index in [0.717, 1.165) is 0 Å². The van der Waals surface area contributed by atoms with Crippen LogP contribution in [-0.2, 0) is 9.53 Å². The van der Waals surface area contributed by atoms with Gasteiger partial charge in [-0.3, -0.25) is 9.79 Å². The number of rotatable bonds is 3. The quantitative estimate of drug-likeness (QED) is 0.426. The molecule has 1 atom stereocenters. The molecule has 0 aliphatic rings. The van der Waals surface area contributed by atoms with Crippen molar-refractivity contribution in [3.05, 3.63) is 0 Å². The first-order valence-corrected chi connectivity index (χ1v) is 4.85. The molecule has 0 spiro atoms. The number of ether oxygens (including phenoxy) is 1. The van der Waals surface area contributed by atoms with Gasteiger partial charge in [0.25, 0.3) is 0 Å². The second kappa shape index (κ2) is 5.10. The van der Waals surface area contributed by atoms with Crippen molar-refractivity contribution in [1.29, 1.82) is 0 Å². The van der Waals surface area contributed by atoms with Crippen LogP contribution in [0.3, 0.4) is 0 Å². The van der Waals surface area contributed by atoms with Gasteiger partial charge in [-0.2, -0.15) is 0 Å². The Bertz CT molecular complexity index is 232. The molecule has 0 fully saturated rings. The molecule has 0 amide bonds. The zero-order valence-electron chi connectivity index (χ0n) is 9.63. The Kier molecular flexibility index (Phi) is 4.77. The van der Waals surface area contributed by atoms with Crippen molar-refractivity contribution in [2.24, 2.45) is 10.7 Å². The van der Waals surface area contributed by atoms with Crippen LogP contribution in [0.2, 0.25) is 0 Å². The number of hydrogen-bond acceptors (Lipinski definition) is 4. The number of carbonyl (C=O) groups excluding carboxylic acids is 1. The topological polar surface area (TPSA) is 64.7 Å². The van der Waals surface area contributed by atoms with Gasteiger partial charge in [0.2, 0.25) is 5.90 Å². The van der Waals surface area contributed by atoms with E-state index in [0.29, 0.717) is 12.3 Å². The summed E-state index contributed by atoms with van der Waals surface area (Å²) in [6.07, 6.45) is 0.672. The third kappa shape index (κ3) is 4.37. The lowest BCUT2D eigenvalue weighted by molar-refractivity contribution is -0.133. The van der Waals surface area contributed by atoms with Gasteiger partial charge < -0.3 is 10.5 Å². The van der Waals surface area contributed by atoms with Crippen molar-refractivity contribution in [1.82, 2.24) is 0 Å². The van der Waals surface area contributed by atoms with Gasteiger partial charge in [0, 0.05) is 13.0 Å². The van der Waals surface area contributed by atoms with Gasteiger partial charge >= 0.3 is 5.97 Å². The standard InChI is InChI=1S/C10H20N2O2/c1-6-10(5,11)9(12-7(2)3)14-8(4)13/h7H,6,11H2,1-5H3. The molecule has 0 rings (SSSR count). The molecule has 4 nitrogen and oxygen atoms in total. The Morgan fingerprint density at radius 3 is 2.36 bits per heavy atom. The summed E-state index contributed by atoms with van der Waals surface area (Å²) in [4.78, 5) is 15.0. The number of nitrogens with two attached hydrogens (primary N) is 1. The molecule has 0 aliphatic carbocycles. The van der Waals surface area contributed by atoms with Crippen LogP contribution in [0.4, 0.5) is 0 Å². The predicted molar refractivity (Wildman–Crippen MR) is 57.2 cm³/mol. The lowest BCUT2D eigenvalue weighted by atomic mass is 10.0. The predicted octanol–water partition coefficient (Wildman–Crippen LogP) is 1.48. The third-order valence-electron chi connectivity index (χ3n) is 1.84. The fourth-order valence-electron chi connectivity index (χ4n) is 0.812. The maximum absolute atomic E-state index is 10.8. The third-order valence-corrected chi connectivity index (χ3v) is 1.84. The molecule has 0 bridgehead atoms. The maximum Gasteiger partial charge on any atom is 0.309 e. The monoisotopic (exact) mass is 200 g/mol. The highest BCUT2D eigenvalue weighted by atomic mass is 16.5. The van der Waals surface area contributed by atoms with Crippen molar-refractivity contribution in [2.75, 3.05) is 0 Å². The molecule has 0 aromatic rings. The first-order valence-electron chi connectivity index (χ1n) is 4.85. The molecule has 0 radical (unpaired) electrons. The van der Waals surface area contributed by atoms with Gasteiger partial charge in [0.1, 0.15) is 0 Å². The minimum atomic E-state index is -0.671. The molecule has 0 saturated carbocycles. The Balaban J connectivity index is 4.81. The lowest BCUT2D eigenvalue weighted by Gasteiger charge is -2.24. The van der Waals surface area contributed by atoms with Crippen LogP contribution in [-0.4, -0.2) is 23.4 Å². The average molecular weight is 200 g/mol. The largest absolute Gasteiger partial charge is 0.410 e. The number of nitrogens with zero attached hydrogens (tertiary/aromatic N) is 1. The van der Waals surface area contributed by atoms with E-state index in [2.05, 4.69) is 4.99 Å². The van der Waals surface area contributed by atoms with Crippen LogP contribution in [0, 0.1) is 0 Å². The van der Waals surface area contributed by atoms with Gasteiger partial charge in [-0.05, 0) is 27.2 Å². The van der Waals surface area contributed by atoms with Crippen LogP contribution in [0.5, 0.6) is 0 Å². The zero-order valence-corrected chi connectivity index (χ0v) is 9.63. The van der Waals surface area contributed by atoms with Crippen LogP contribution in [0.15, 0.2) is 4.99 Å². The van der Waals surface area contributed by atoms with E-state index >= 15 is 0 Å². The first kappa shape index (κ1) is 13.1. The second-order valence-corrected chi connectivity index (χ2v) is 3.89. The summed E-state index contributed by atoms with van der Waals surface area (Å²) < 4.78 is 5.00. The van der Waals surface area contributed by atoms with E-state index in [1.54, 1.807) is 6.92 Å². The van der Waals surface area contributed by atoms with Crippen molar-refractivity contribution >= 4 is 11.9 Å². The highest BCUT2D eigenvalue weighted by molar-refractivity contribution is 5.93. The summed E-state index contributed by atoms with van der Waals surface area (Å²) in [5.41, 5.74) is 5.28. The van der Waals surface area contributed by atoms with Gasteiger partial charge in [-0.25, -0.2) is 0 Å². The van der Waals surface area contributed by atoms with Crippen molar-refractivity contribution in [2.45, 2.75) is 52.6 Å². The number of aliphatic imine (C=N–C) groups is 1. The Morgan fingerprint density at radius 2 is 2.07 bits per heavy atom. The van der Waals surface area contributed by atoms with E-state index in [4.69, 9.17) is 10.5 Å². The molecule has 2 N–H and O–H groups in total. The molecule has 82 valence electrons. The van der Waals surface area contributed by atoms with Gasteiger partial charge in [0.15, 0.2) is 0 Å². The lowest BCUT2D eigenvalue weighted by Crippen LogP contribution is -2.46. The maximum atomic E-state index is 10.8. The molecular formula is C10H20N2O2. The molecule has 1 unspecified atom stereocenters. The van der Waals surface area contributed by atoms with E-state index in [-0.39, 0.29) is 12.0 Å². The average Bonchev–Trinajstić information content (AvgIpc) is 2.01. The van der Waals surface area contributed by atoms with Crippen molar-refractivity contribution < 1.29 is 9.53 Å². The summed E-state index contributed by atoms with van der Waals surface area (Å²) in [5, 5.41) is 0. The number of hydrogen-bond donors (Lipinski definition) is 1. The second-order valence-electron chi connectivity index (χ2n) is 3.89. The summed E-state index contributed by atoms with van der Waals surface area (Å²) in [6, 6.07) is 0.0683. The first-order chi connectivity index (χ1) is 6.29. The highest BCUT2D eigenvalue weighted by Gasteiger charge is 2.27. The molecule has 0 heterocycles. The van der Waals surface area contributed by atoms with Crippen molar-refractivity contribution in [3.8, 4) is 0 Å². The number of carbonyl (C=O) groups is 1. The molecule has 0 aromatic heterocycles. The van der Waals surface area contributed by atoms with E-state index in [1.165, 1.54) is 6.92 Å². The summed E-state index contributed by atoms with van der Waals surface area (Å²) in [5.74, 6) is -0.0583. The number of esters is 1. The van der Waals surface area contributed by atoms with E-state index < -0.39 is 5.54 Å². The summed E-state index contributed by atoms with van der Waals surface area (Å²) in [6.45, 7) is 8.91. The van der Waals surface area contributed by atoms with Crippen LogP contribution in [0.1, 0.15) is 41.0 Å². The van der Waals surface area contributed by atoms with E-state index in [1.807, 2.05) is 20.8 Å². The summed E-state index contributed by atoms with van der Waals surface area (Å²) in [7, 11) is 0. The molecular weight excluding hydrogens is 180 g/mol. The molecule has 0 saturated heterocycles. The fourth-order valence-corrected chi connectivity index (χ4v) is 0.812. The van der Waals surface area contributed by atoms with Crippen molar-refractivity contribution in [3.63, 3.8) is 0 Å². The van der Waals surface area contributed by atoms with Gasteiger partial charge in [-0.1, -0.05) is 6.92 Å². The SMILES string of the molecule is CCC(C)(N)C(=NC(C)C)OC(C)=O. The molecule has 0 aromatic carbocycles. The fraction of sp³-hybridized carbons (Fsp3) is 0.800. The Morgan fingerprint density at radius 1 is 1.57 bits per heavy atom. The smallest absolute Gasteiger partial charge is 0.309 e. The minimum absolute atomic E-state index is 0.0683. The van der Waals surface area contributed by atoms with E-state index in [9.17, 15) is 4.79 Å².